The van der Waals surface area contributed by atoms with Crippen molar-refractivity contribution < 1.29 is 13.9 Å². The molecule has 0 amide bonds. The topological polar surface area (TPSA) is 70.5 Å². The van der Waals surface area contributed by atoms with Crippen molar-refractivity contribution in [1.29, 1.82) is 0 Å². The molecule has 0 aromatic carbocycles. The average molecular weight is 262 g/mol. The molecule has 0 atom stereocenters. The molecule has 2 heterocycles. The van der Waals surface area contributed by atoms with Crippen molar-refractivity contribution in [3.05, 3.63) is 36.3 Å². The van der Waals surface area contributed by atoms with E-state index in [4.69, 9.17) is 19.6 Å². The highest BCUT2D eigenvalue weighted by Gasteiger charge is 2.07. The van der Waals surface area contributed by atoms with Gasteiger partial charge in [-0.05, 0) is 24.1 Å². The van der Waals surface area contributed by atoms with E-state index in [2.05, 4.69) is 18.8 Å². The van der Waals surface area contributed by atoms with Crippen LogP contribution in [-0.2, 0) is 6.61 Å². The van der Waals surface area contributed by atoms with Gasteiger partial charge in [0, 0.05) is 6.07 Å². The van der Waals surface area contributed by atoms with Crippen LogP contribution in [0.1, 0.15) is 19.6 Å². The van der Waals surface area contributed by atoms with Crippen molar-refractivity contribution in [2.75, 3.05) is 12.3 Å². The molecule has 0 saturated heterocycles. The maximum Gasteiger partial charge on any atom is 0.240 e. The summed E-state index contributed by atoms with van der Waals surface area (Å²) in [6.45, 7) is 5.02. The zero-order valence-electron chi connectivity index (χ0n) is 11.1. The Morgan fingerprint density at radius 3 is 2.79 bits per heavy atom. The third-order valence-electron chi connectivity index (χ3n) is 2.36. The first-order valence-corrected chi connectivity index (χ1v) is 6.19. The monoisotopic (exact) mass is 262 g/mol. The second-order valence-electron chi connectivity index (χ2n) is 4.62. The number of anilines is 1. The van der Waals surface area contributed by atoms with E-state index in [1.165, 1.54) is 0 Å². The Kier molecular flexibility index (Phi) is 4.28. The molecule has 0 aliphatic heterocycles. The number of hydrogen-bond donors (Lipinski definition) is 1. The Morgan fingerprint density at radius 2 is 2.11 bits per heavy atom. The quantitative estimate of drug-likeness (QED) is 0.866. The fourth-order valence-corrected chi connectivity index (χ4v) is 1.42. The highest BCUT2D eigenvalue weighted by Crippen LogP contribution is 2.23. The average Bonchev–Trinajstić information content (AvgIpc) is 2.89. The van der Waals surface area contributed by atoms with E-state index in [1.807, 2.05) is 12.1 Å². The van der Waals surface area contributed by atoms with Crippen LogP contribution < -0.4 is 15.2 Å². The summed E-state index contributed by atoms with van der Waals surface area (Å²) in [5.74, 6) is 2.02. The largest absolute Gasteiger partial charge is 0.476 e. The fourth-order valence-electron chi connectivity index (χ4n) is 1.42. The molecule has 2 aromatic heterocycles. The van der Waals surface area contributed by atoms with Gasteiger partial charge in [-0.1, -0.05) is 13.8 Å². The predicted molar refractivity (Wildman–Crippen MR) is 72.0 cm³/mol. The highest BCUT2D eigenvalue weighted by atomic mass is 16.5. The number of nitrogens with two attached hydrogens (primary N) is 1. The molecule has 0 unspecified atom stereocenters. The first-order valence-electron chi connectivity index (χ1n) is 6.19. The second-order valence-corrected chi connectivity index (χ2v) is 4.62. The highest BCUT2D eigenvalue weighted by molar-refractivity contribution is 5.49. The van der Waals surface area contributed by atoms with Crippen LogP contribution in [0.4, 0.5) is 5.69 Å². The number of rotatable bonds is 6. The van der Waals surface area contributed by atoms with Crippen LogP contribution in [0, 0.1) is 5.92 Å². The number of ether oxygens (including phenoxy) is 2. The van der Waals surface area contributed by atoms with E-state index in [-0.39, 0.29) is 0 Å². The van der Waals surface area contributed by atoms with E-state index in [0.717, 1.165) is 5.76 Å². The van der Waals surface area contributed by atoms with Gasteiger partial charge in [0.15, 0.2) is 0 Å². The summed E-state index contributed by atoms with van der Waals surface area (Å²) >= 11 is 0. The number of hydrogen-bond acceptors (Lipinski definition) is 5. The molecule has 0 radical (unpaired) electrons. The van der Waals surface area contributed by atoms with Gasteiger partial charge in [0.05, 0.1) is 18.6 Å². The molecule has 19 heavy (non-hydrogen) atoms. The Hall–Kier alpha value is -2.17. The minimum atomic E-state index is 0.327. The van der Waals surface area contributed by atoms with Crippen molar-refractivity contribution in [2.45, 2.75) is 20.5 Å². The van der Waals surface area contributed by atoms with Crippen LogP contribution in [0.2, 0.25) is 0 Å². The Morgan fingerprint density at radius 1 is 1.26 bits per heavy atom. The van der Waals surface area contributed by atoms with Crippen LogP contribution >= 0.6 is 0 Å². The molecule has 0 saturated carbocycles. The summed E-state index contributed by atoms with van der Waals surface area (Å²) in [7, 11) is 0. The van der Waals surface area contributed by atoms with Gasteiger partial charge < -0.3 is 19.6 Å². The fraction of sp³-hybridized carbons (Fsp3) is 0.357. The van der Waals surface area contributed by atoms with Crippen molar-refractivity contribution in [3.8, 4) is 11.8 Å². The van der Waals surface area contributed by atoms with Gasteiger partial charge >= 0.3 is 0 Å². The number of aromatic nitrogens is 1. The number of nitrogen functional groups attached to an aromatic ring is 1. The molecule has 2 aromatic rings. The number of pyridine rings is 1. The third kappa shape index (κ3) is 3.91. The SMILES string of the molecule is CC(C)COc1nc(OCc2ccco2)ccc1N. The summed E-state index contributed by atoms with van der Waals surface area (Å²) in [5.41, 5.74) is 6.31. The zero-order chi connectivity index (χ0) is 13.7. The van der Waals surface area contributed by atoms with E-state index in [1.54, 1.807) is 18.4 Å². The van der Waals surface area contributed by atoms with Gasteiger partial charge in [0.2, 0.25) is 11.8 Å². The summed E-state index contributed by atoms with van der Waals surface area (Å²) in [5, 5.41) is 0. The van der Waals surface area contributed by atoms with Crippen LogP contribution in [0.5, 0.6) is 11.8 Å². The number of nitrogens with zero attached hydrogens (tertiary/aromatic N) is 1. The van der Waals surface area contributed by atoms with Crippen LogP contribution in [0.25, 0.3) is 0 Å². The van der Waals surface area contributed by atoms with Crippen LogP contribution in [0.3, 0.4) is 0 Å². The first-order chi connectivity index (χ1) is 9.15. The molecular weight excluding hydrogens is 244 g/mol. The summed E-state index contributed by atoms with van der Waals surface area (Å²) in [6, 6.07) is 7.08. The normalized spacial score (nSPS) is 10.7. The van der Waals surface area contributed by atoms with Gasteiger partial charge in [0.1, 0.15) is 12.4 Å². The van der Waals surface area contributed by atoms with E-state index in [0.29, 0.717) is 36.6 Å². The van der Waals surface area contributed by atoms with E-state index >= 15 is 0 Å². The van der Waals surface area contributed by atoms with Gasteiger partial charge in [-0.3, -0.25) is 0 Å². The summed E-state index contributed by atoms with van der Waals surface area (Å²) < 4.78 is 16.2. The minimum absolute atomic E-state index is 0.327. The Balaban J connectivity index is 1.99. The van der Waals surface area contributed by atoms with E-state index < -0.39 is 0 Å². The van der Waals surface area contributed by atoms with Crippen LogP contribution in [0.15, 0.2) is 34.9 Å². The smallest absolute Gasteiger partial charge is 0.240 e. The number of furan rings is 1. The van der Waals surface area contributed by atoms with Crippen molar-refractivity contribution in [1.82, 2.24) is 4.98 Å². The third-order valence-corrected chi connectivity index (χ3v) is 2.36. The minimum Gasteiger partial charge on any atom is -0.476 e. The molecule has 2 N–H and O–H groups in total. The van der Waals surface area contributed by atoms with Crippen molar-refractivity contribution in [3.63, 3.8) is 0 Å². The van der Waals surface area contributed by atoms with E-state index in [9.17, 15) is 0 Å². The molecule has 5 nitrogen and oxygen atoms in total. The molecule has 0 bridgehead atoms. The van der Waals surface area contributed by atoms with Crippen LogP contribution in [-0.4, -0.2) is 11.6 Å². The lowest BCUT2D eigenvalue weighted by atomic mass is 10.2. The van der Waals surface area contributed by atoms with Gasteiger partial charge in [-0.2, -0.15) is 4.98 Å². The predicted octanol–water partition coefficient (Wildman–Crippen LogP) is 2.87. The first kappa shape index (κ1) is 13.3. The molecule has 2 rings (SSSR count). The maximum absolute atomic E-state index is 5.80. The molecule has 0 spiro atoms. The molecular formula is C14H18N2O3. The summed E-state index contributed by atoms with van der Waals surface area (Å²) in [6.07, 6.45) is 1.60. The summed E-state index contributed by atoms with van der Waals surface area (Å²) in [4.78, 5) is 4.23. The Bertz CT molecular complexity index is 509. The molecule has 0 fully saturated rings. The van der Waals surface area contributed by atoms with Gasteiger partial charge in [-0.15, -0.1) is 0 Å². The Labute approximate surface area is 112 Å². The van der Waals surface area contributed by atoms with Crippen molar-refractivity contribution >= 4 is 5.69 Å². The molecule has 0 aliphatic rings. The lowest BCUT2D eigenvalue weighted by Gasteiger charge is -2.11. The standard InChI is InChI=1S/C14H18N2O3/c1-10(2)8-19-14-12(15)5-6-13(16-14)18-9-11-4-3-7-17-11/h3-7,10H,8-9,15H2,1-2H3. The lowest BCUT2D eigenvalue weighted by molar-refractivity contribution is 0.240. The van der Waals surface area contributed by atoms with Crippen molar-refractivity contribution in [2.24, 2.45) is 5.92 Å². The zero-order valence-corrected chi connectivity index (χ0v) is 11.1. The second kappa shape index (κ2) is 6.13. The molecule has 5 heteroatoms. The molecule has 0 aliphatic carbocycles. The lowest BCUT2D eigenvalue weighted by Crippen LogP contribution is -2.08. The maximum atomic E-state index is 5.80. The van der Waals surface area contributed by atoms with Gasteiger partial charge in [-0.25, -0.2) is 0 Å². The van der Waals surface area contributed by atoms with Gasteiger partial charge in [0.25, 0.3) is 0 Å². The molecule has 102 valence electrons.